The summed E-state index contributed by atoms with van der Waals surface area (Å²) < 4.78 is 4.96. The van der Waals surface area contributed by atoms with Gasteiger partial charge in [-0.1, -0.05) is 38.7 Å². The summed E-state index contributed by atoms with van der Waals surface area (Å²) >= 11 is 0. The van der Waals surface area contributed by atoms with Crippen molar-refractivity contribution in [2.24, 2.45) is 5.92 Å². The Morgan fingerprint density at radius 3 is 2.50 bits per heavy atom. The van der Waals surface area contributed by atoms with Crippen LogP contribution in [0, 0.1) is 5.92 Å². The molecule has 1 atom stereocenters. The second kappa shape index (κ2) is 10.7. The van der Waals surface area contributed by atoms with E-state index in [4.69, 9.17) is 4.74 Å². The van der Waals surface area contributed by atoms with E-state index in [-0.39, 0.29) is 5.97 Å². The second-order valence-corrected chi connectivity index (χ2v) is 4.54. The van der Waals surface area contributed by atoms with Crippen molar-refractivity contribution in [2.45, 2.75) is 58.8 Å². The fourth-order valence-electron chi connectivity index (χ4n) is 1.65. The minimum Gasteiger partial charge on any atom is -0.466 e. The molecule has 1 unspecified atom stereocenters. The van der Waals surface area contributed by atoms with E-state index in [2.05, 4.69) is 13.5 Å². The fourth-order valence-corrected chi connectivity index (χ4v) is 1.65. The molecule has 0 aliphatic heterocycles. The zero-order chi connectivity index (χ0) is 12.2. The molecule has 2 heteroatoms. The number of unbranched alkanes of at least 4 members (excludes halogenated alkanes) is 5. The summed E-state index contributed by atoms with van der Waals surface area (Å²) in [6.45, 7) is 7.89. The number of hydrogen-bond acceptors (Lipinski definition) is 2. The van der Waals surface area contributed by atoms with Crippen molar-refractivity contribution in [1.29, 1.82) is 0 Å². The van der Waals surface area contributed by atoms with E-state index >= 15 is 0 Å². The molecule has 0 N–H and O–H groups in total. The number of esters is 1. The molecule has 0 fully saturated rings. The minimum atomic E-state index is -0.170. The molecule has 0 radical (unpaired) electrons. The monoisotopic (exact) mass is 226 g/mol. The Morgan fingerprint density at radius 2 is 1.88 bits per heavy atom. The van der Waals surface area contributed by atoms with Crippen molar-refractivity contribution in [3.05, 3.63) is 12.7 Å². The minimum absolute atomic E-state index is 0.170. The van der Waals surface area contributed by atoms with Gasteiger partial charge in [-0.15, -0.1) is 6.58 Å². The smallest absolute Gasteiger partial charge is 0.302 e. The highest BCUT2D eigenvalue weighted by atomic mass is 16.5. The van der Waals surface area contributed by atoms with Gasteiger partial charge in [0.25, 0.3) is 0 Å². The fraction of sp³-hybridized carbons (Fsp3) is 0.786. The highest BCUT2D eigenvalue weighted by molar-refractivity contribution is 5.65. The SMILES string of the molecule is C=CCCCCCCCC(C)COC(C)=O. The summed E-state index contributed by atoms with van der Waals surface area (Å²) in [5, 5.41) is 0. The third-order valence-electron chi connectivity index (χ3n) is 2.68. The lowest BCUT2D eigenvalue weighted by atomic mass is 10.0. The van der Waals surface area contributed by atoms with E-state index in [0.717, 1.165) is 12.8 Å². The van der Waals surface area contributed by atoms with Crippen LogP contribution in [0.15, 0.2) is 12.7 Å². The van der Waals surface area contributed by atoms with Gasteiger partial charge in [-0.3, -0.25) is 4.79 Å². The van der Waals surface area contributed by atoms with Crippen LogP contribution in [0.2, 0.25) is 0 Å². The first-order valence-corrected chi connectivity index (χ1v) is 6.41. The number of carbonyl (C=O) groups is 1. The Kier molecular flexibility index (Phi) is 10.2. The van der Waals surface area contributed by atoms with E-state index in [0.29, 0.717) is 12.5 Å². The third-order valence-corrected chi connectivity index (χ3v) is 2.68. The van der Waals surface area contributed by atoms with E-state index in [1.54, 1.807) is 0 Å². The first-order chi connectivity index (χ1) is 7.66. The maximum atomic E-state index is 10.6. The third kappa shape index (κ3) is 11.3. The van der Waals surface area contributed by atoms with Crippen LogP contribution in [0.1, 0.15) is 58.8 Å². The van der Waals surface area contributed by atoms with E-state index < -0.39 is 0 Å². The lowest BCUT2D eigenvalue weighted by Crippen LogP contribution is -2.09. The number of rotatable bonds is 10. The van der Waals surface area contributed by atoms with E-state index in [1.165, 1.54) is 39.0 Å². The van der Waals surface area contributed by atoms with Gasteiger partial charge in [0, 0.05) is 6.92 Å². The summed E-state index contributed by atoms with van der Waals surface area (Å²) in [7, 11) is 0. The first kappa shape index (κ1) is 15.2. The molecule has 94 valence electrons. The molecule has 0 bridgehead atoms. The number of allylic oxidation sites excluding steroid dienone is 1. The van der Waals surface area contributed by atoms with Gasteiger partial charge in [-0.2, -0.15) is 0 Å². The molecular weight excluding hydrogens is 200 g/mol. The zero-order valence-corrected chi connectivity index (χ0v) is 10.8. The average Bonchev–Trinajstić information content (AvgIpc) is 2.25. The molecule has 0 saturated heterocycles. The quantitative estimate of drug-likeness (QED) is 0.318. The van der Waals surface area contributed by atoms with Crippen molar-refractivity contribution in [3.8, 4) is 0 Å². The lowest BCUT2D eigenvalue weighted by molar-refractivity contribution is -0.142. The maximum absolute atomic E-state index is 10.6. The Bertz CT molecular complexity index is 187. The first-order valence-electron chi connectivity index (χ1n) is 6.41. The second-order valence-electron chi connectivity index (χ2n) is 4.54. The highest BCUT2D eigenvalue weighted by Gasteiger charge is 2.03. The summed E-state index contributed by atoms with van der Waals surface area (Å²) in [5.41, 5.74) is 0. The molecule has 0 aliphatic rings. The molecular formula is C14H26O2. The number of ether oxygens (including phenoxy) is 1. The van der Waals surface area contributed by atoms with Crippen molar-refractivity contribution in [3.63, 3.8) is 0 Å². The average molecular weight is 226 g/mol. The molecule has 0 rings (SSSR count). The molecule has 0 heterocycles. The number of hydrogen-bond donors (Lipinski definition) is 0. The molecule has 0 amide bonds. The molecule has 0 saturated carbocycles. The van der Waals surface area contributed by atoms with Crippen LogP contribution in [0.3, 0.4) is 0 Å². The standard InChI is InChI=1S/C14H26O2/c1-4-5-6-7-8-9-10-11-13(2)12-16-14(3)15/h4,13H,1,5-12H2,2-3H3. The number of carbonyl (C=O) groups excluding carboxylic acids is 1. The van der Waals surface area contributed by atoms with Gasteiger partial charge in [0.2, 0.25) is 0 Å². The van der Waals surface area contributed by atoms with Crippen LogP contribution >= 0.6 is 0 Å². The van der Waals surface area contributed by atoms with Crippen LogP contribution in [-0.4, -0.2) is 12.6 Å². The molecule has 0 aliphatic carbocycles. The Morgan fingerprint density at radius 1 is 1.25 bits per heavy atom. The molecule has 0 aromatic rings. The molecule has 0 aromatic carbocycles. The predicted octanol–water partition coefficient (Wildman–Crippen LogP) is 4.10. The molecule has 0 aromatic heterocycles. The molecule has 16 heavy (non-hydrogen) atoms. The van der Waals surface area contributed by atoms with Gasteiger partial charge in [-0.25, -0.2) is 0 Å². The van der Waals surface area contributed by atoms with Crippen LogP contribution in [0.4, 0.5) is 0 Å². The Hall–Kier alpha value is -0.790. The lowest BCUT2D eigenvalue weighted by Gasteiger charge is -2.10. The van der Waals surface area contributed by atoms with Crippen molar-refractivity contribution in [1.82, 2.24) is 0 Å². The highest BCUT2D eigenvalue weighted by Crippen LogP contribution is 2.12. The largest absolute Gasteiger partial charge is 0.466 e. The molecule has 0 spiro atoms. The van der Waals surface area contributed by atoms with Crippen LogP contribution < -0.4 is 0 Å². The van der Waals surface area contributed by atoms with Crippen LogP contribution in [0.25, 0.3) is 0 Å². The van der Waals surface area contributed by atoms with Gasteiger partial charge < -0.3 is 4.74 Å². The van der Waals surface area contributed by atoms with E-state index in [1.807, 2.05) is 6.08 Å². The summed E-state index contributed by atoms with van der Waals surface area (Å²) in [4.78, 5) is 10.6. The summed E-state index contributed by atoms with van der Waals surface area (Å²) in [5.74, 6) is 0.327. The Balaban J connectivity index is 3.17. The van der Waals surface area contributed by atoms with Gasteiger partial charge in [0.05, 0.1) is 6.61 Å². The van der Waals surface area contributed by atoms with Gasteiger partial charge >= 0.3 is 5.97 Å². The van der Waals surface area contributed by atoms with Crippen LogP contribution in [0.5, 0.6) is 0 Å². The van der Waals surface area contributed by atoms with Crippen LogP contribution in [-0.2, 0) is 9.53 Å². The normalized spacial score (nSPS) is 12.1. The zero-order valence-electron chi connectivity index (χ0n) is 10.8. The van der Waals surface area contributed by atoms with Gasteiger partial charge in [0.15, 0.2) is 0 Å². The van der Waals surface area contributed by atoms with E-state index in [9.17, 15) is 4.79 Å². The summed E-state index contributed by atoms with van der Waals surface area (Å²) in [6, 6.07) is 0. The van der Waals surface area contributed by atoms with Crippen molar-refractivity contribution in [2.75, 3.05) is 6.61 Å². The van der Waals surface area contributed by atoms with Gasteiger partial charge in [0.1, 0.15) is 0 Å². The van der Waals surface area contributed by atoms with Gasteiger partial charge in [-0.05, 0) is 25.2 Å². The molecule has 2 nitrogen and oxygen atoms in total. The Labute approximate surface area is 100 Å². The summed E-state index contributed by atoms with van der Waals surface area (Å²) in [6.07, 6.45) is 10.7. The topological polar surface area (TPSA) is 26.3 Å². The predicted molar refractivity (Wildman–Crippen MR) is 68.3 cm³/mol. The van der Waals surface area contributed by atoms with Crippen molar-refractivity contribution < 1.29 is 9.53 Å². The van der Waals surface area contributed by atoms with Crippen molar-refractivity contribution >= 4 is 5.97 Å². The maximum Gasteiger partial charge on any atom is 0.302 e.